The first kappa shape index (κ1) is 29.1. The van der Waals surface area contributed by atoms with E-state index < -0.39 is 32.5 Å². The third-order valence-corrected chi connectivity index (χ3v) is 10.6. The number of amides is 1. The number of hydrogen-bond acceptors (Lipinski definition) is 6. The number of piperazine rings is 1. The average Bonchev–Trinajstić information content (AvgIpc) is 2.93. The van der Waals surface area contributed by atoms with Crippen molar-refractivity contribution in [3.8, 4) is 5.75 Å². The number of anilines is 1. The van der Waals surface area contributed by atoms with Crippen molar-refractivity contribution in [2.45, 2.75) is 23.6 Å². The van der Waals surface area contributed by atoms with Gasteiger partial charge in [-0.2, -0.15) is 4.31 Å². The Labute approximate surface area is 238 Å². The van der Waals surface area contributed by atoms with Crippen LogP contribution in [0.2, 0.25) is 0 Å². The minimum absolute atomic E-state index is 0.0430. The van der Waals surface area contributed by atoms with Crippen molar-refractivity contribution in [2.24, 2.45) is 0 Å². The number of hydrogen-bond donors (Lipinski definition) is 0. The molecule has 9 nitrogen and oxygen atoms in total. The Morgan fingerprint density at radius 3 is 1.97 bits per heavy atom. The molecule has 1 amide bonds. The zero-order valence-electron chi connectivity index (χ0n) is 21.7. The minimum Gasteiger partial charge on any atom is -0.494 e. The van der Waals surface area contributed by atoms with E-state index in [0.717, 1.165) is 14.3 Å². The van der Waals surface area contributed by atoms with Gasteiger partial charge in [0.05, 0.1) is 22.1 Å². The molecule has 3 aromatic rings. The van der Waals surface area contributed by atoms with Gasteiger partial charge < -0.3 is 9.64 Å². The second-order valence-electron chi connectivity index (χ2n) is 8.99. The number of aryl methyl sites for hydroxylation is 1. The lowest BCUT2D eigenvalue weighted by Crippen LogP contribution is -2.53. The van der Waals surface area contributed by atoms with Crippen LogP contribution in [-0.4, -0.2) is 71.3 Å². The molecule has 0 saturated carbocycles. The highest BCUT2D eigenvalue weighted by Gasteiger charge is 2.33. The summed E-state index contributed by atoms with van der Waals surface area (Å²) in [5.74, 6) is 0.163. The number of halogens is 1. The molecule has 4 rings (SSSR count). The number of carbonyl (C=O) groups excluding carboxylic acids is 1. The first-order chi connectivity index (χ1) is 18.5. The molecule has 1 aliphatic rings. The summed E-state index contributed by atoms with van der Waals surface area (Å²) in [6.45, 7) is 4.30. The number of rotatable bonds is 9. The summed E-state index contributed by atoms with van der Waals surface area (Å²) in [6, 6.07) is 19.3. The summed E-state index contributed by atoms with van der Waals surface area (Å²) in [4.78, 5) is 15.1. The van der Waals surface area contributed by atoms with Gasteiger partial charge in [-0.25, -0.2) is 16.8 Å². The Bertz CT molecular complexity index is 1500. The summed E-state index contributed by atoms with van der Waals surface area (Å²) in [5.41, 5.74) is 1.27. The number of benzene rings is 3. The van der Waals surface area contributed by atoms with Crippen LogP contribution in [-0.2, 0) is 24.8 Å². The molecule has 1 aliphatic heterocycles. The van der Waals surface area contributed by atoms with E-state index in [1.165, 1.54) is 21.3 Å². The topological polar surface area (TPSA) is 104 Å². The molecule has 0 aromatic heterocycles. The Morgan fingerprint density at radius 2 is 1.41 bits per heavy atom. The summed E-state index contributed by atoms with van der Waals surface area (Å²) < 4.78 is 62.0. The summed E-state index contributed by atoms with van der Waals surface area (Å²) in [7, 11) is -7.78. The van der Waals surface area contributed by atoms with E-state index in [1.807, 2.05) is 13.8 Å². The summed E-state index contributed by atoms with van der Waals surface area (Å²) >= 11 is 3.32. The van der Waals surface area contributed by atoms with Gasteiger partial charge in [0.15, 0.2) is 0 Å². The lowest BCUT2D eigenvalue weighted by Gasteiger charge is -2.35. The third kappa shape index (κ3) is 6.63. The molecule has 3 aromatic carbocycles. The van der Waals surface area contributed by atoms with Crippen LogP contribution in [0, 0.1) is 6.92 Å². The molecule has 0 aliphatic carbocycles. The molecule has 39 heavy (non-hydrogen) atoms. The zero-order chi connectivity index (χ0) is 28.2. The lowest BCUT2D eigenvalue weighted by molar-refractivity contribution is -0.130. The van der Waals surface area contributed by atoms with Gasteiger partial charge >= 0.3 is 0 Å². The van der Waals surface area contributed by atoms with E-state index in [9.17, 15) is 21.6 Å². The Hall–Kier alpha value is -2.93. The Morgan fingerprint density at radius 1 is 0.846 bits per heavy atom. The monoisotopic (exact) mass is 635 g/mol. The molecule has 1 fully saturated rings. The van der Waals surface area contributed by atoms with Crippen molar-refractivity contribution in [1.29, 1.82) is 0 Å². The van der Waals surface area contributed by atoms with Crippen LogP contribution < -0.4 is 9.04 Å². The van der Waals surface area contributed by atoms with Gasteiger partial charge in [-0.3, -0.25) is 9.10 Å². The van der Waals surface area contributed by atoms with Gasteiger partial charge in [0.25, 0.3) is 10.0 Å². The molecule has 0 radical (unpaired) electrons. The van der Waals surface area contributed by atoms with E-state index in [0.29, 0.717) is 18.0 Å². The van der Waals surface area contributed by atoms with Crippen LogP contribution in [0.15, 0.2) is 87.1 Å². The van der Waals surface area contributed by atoms with Crippen LogP contribution in [0.3, 0.4) is 0 Å². The van der Waals surface area contributed by atoms with Crippen molar-refractivity contribution in [1.82, 2.24) is 9.21 Å². The Kier molecular flexibility index (Phi) is 9.00. The van der Waals surface area contributed by atoms with Crippen molar-refractivity contribution in [3.05, 3.63) is 82.8 Å². The fraction of sp³-hybridized carbons (Fsp3) is 0.296. The quantitative estimate of drug-likeness (QED) is 0.353. The predicted molar refractivity (Wildman–Crippen MR) is 153 cm³/mol. The fourth-order valence-corrected chi connectivity index (χ4v) is 7.28. The number of carbonyl (C=O) groups is 1. The zero-order valence-corrected chi connectivity index (χ0v) is 24.9. The van der Waals surface area contributed by atoms with Gasteiger partial charge in [-0.15, -0.1) is 0 Å². The predicted octanol–water partition coefficient (Wildman–Crippen LogP) is 3.88. The molecule has 1 saturated heterocycles. The highest BCUT2D eigenvalue weighted by atomic mass is 79.9. The Balaban J connectivity index is 1.53. The van der Waals surface area contributed by atoms with E-state index in [1.54, 1.807) is 60.7 Å². The van der Waals surface area contributed by atoms with Crippen molar-refractivity contribution >= 4 is 47.6 Å². The lowest BCUT2D eigenvalue weighted by atomic mass is 10.2. The smallest absolute Gasteiger partial charge is 0.264 e. The SMILES string of the molecule is CCOc1ccc(N(CC(=O)N2CCN(S(=O)(=O)c3ccc(C)cc3)CC2)S(=O)(=O)c2ccc(Br)cc2)cc1. The standard InChI is InChI=1S/C27H30BrN3O6S2/c1-3-37-24-10-8-23(9-11-24)31(39(35,36)26-14-6-22(28)7-15-26)20-27(32)29-16-18-30(19-17-29)38(33,34)25-12-4-21(2)5-13-25/h4-15H,3,16-20H2,1-2H3. The largest absolute Gasteiger partial charge is 0.494 e. The van der Waals surface area contributed by atoms with E-state index in [2.05, 4.69) is 15.9 Å². The maximum atomic E-state index is 13.7. The maximum Gasteiger partial charge on any atom is 0.264 e. The molecular weight excluding hydrogens is 606 g/mol. The highest BCUT2D eigenvalue weighted by molar-refractivity contribution is 9.10. The molecule has 208 valence electrons. The van der Waals surface area contributed by atoms with Crippen LogP contribution in [0.5, 0.6) is 5.75 Å². The molecule has 1 heterocycles. The van der Waals surface area contributed by atoms with Crippen LogP contribution in [0.4, 0.5) is 5.69 Å². The normalized spacial score (nSPS) is 14.7. The first-order valence-electron chi connectivity index (χ1n) is 12.4. The van der Waals surface area contributed by atoms with Gasteiger partial charge in [-0.1, -0.05) is 33.6 Å². The minimum atomic E-state index is -4.09. The number of ether oxygens (including phenoxy) is 1. The highest BCUT2D eigenvalue weighted by Crippen LogP contribution is 2.27. The van der Waals surface area contributed by atoms with Crippen molar-refractivity contribution in [2.75, 3.05) is 43.6 Å². The van der Waals surface area contributed by atoms with Crippen molar-refractivity contribution in [3.63, 3.8) is 0 Å². The van der Waals surface area contributed by atoms with E-state index in [4.69, 9.17) is 4.74 Å². The molecule has 12 heteroatoms. The third-order valence-electron chi connectivity index (χ3n) is 6.37. The first-order valence-corrected chi connectivity index (χ1v) is 16.1. The van der Waals surface area contributed by atoms with Crippen LogP contribution in [0.25, 0.3) is 0 Å². The van der Waals surface area contributed by atoms with Crippen LogP contribution >= 0.6 is 15.9 Å². The summed E-state index contributed by atoms with van der Waals surface area (Å²) in [6.07, 6.45) is 0. The molecule has 0 spiro atoms. The molecule has 0 atom stereocenters. The van der Waals surface area contributed by atoms with Gasteiger partial charge in [0, 0.05) is 30.7 Å². The maximum absolute atomic E-state index is 13.7. The fourth-order valence-electron chi connectivity index (χ4n) is 4.18. The molecule has 0 unspecified atom stereocenters. The van der Waals surface area contributed by atoms with Gasteiger partial charge in [0.1, 0.15) is 12.3 Å². The molecule has 0 bridgehead atoms. The number of nitrogens with zero attached hydrogens (tertiary/aromatic N) is 3. The van der Waals surface area contributed by atoms with E-state index >= 15 is 0 Å². The average molecular weight is 637 g/mol. The number of sulfonamides is 2. The van der Waals surface area contributed by atoms with Gasteiger partial charge in [0.2, 0.25) is 15.9 Å². The molecular formula is C27H30BrN3O6S2. The van der Waals surface area contributed by atoms with Crippen molar-refractivity contribution < 1.29 is 26.4 Å². The van der Waals surface area contributed by atoms with E-state index in [-0.39, 0.29) is 36.0 Å². The summed E-state index contributed by atoms with van der Waals surface area (Å²) in [5, 5.41) is 0. The molecule has 0 N–H and O–H groups in total. The van der Waals surface area contributed by atoms with Gasteiger partial charge in [-0.05, 0) is 74.5 Å². The second-order valence-corrected chi connectivity index (χ2v) is 13.7. The second kappa shape index (κ2) is 12.1. The van der Waals surface area contributed by atoms with Crippen LogP contribution in [0.1, 0.15) is 12.5 Å².